The molecule has 0 bridgehead atoms. The van der Waals surface area contributed by atoms with Crippen LogP contribution in [-0.2, 0) is 9.53 Å². The van der Waals surface area contributed by atoms with Crippen LogP contribution in [0.2, 0.25) is 0 Å². The second kappa shape index (κ2) is 5.74. The molecule has 1 aliphatic heterocycles. The van der Waals surface area contributed by atoms with Crippen molar-refractivity contribution in [2.24, 2.45) is 5.92 Å². The molecule has 19 heavy (non-hydrogen) atoms. The number of amides is 1. The topological polar surface area (TPSA) is 55.4 Å². The lowest BCUT2D eigenvalue weighted by atomic mass is 10.1. The quantitative estimate of drug-likeness (QED) is 0.868. The third-order valence-corrected chi connectivity index (χ3v) is 4.09. The molecular weight excluding hydrogens is 310 g/mol. The first-order valence-corrected chi connectivity index (χ1v) is 6.97. The zero-order valence-corrected chi connectivity index (χ0v) is 12.5. The number of hydrogen-bond acceptors (Lipinski definition) is 3. The third kappa shape index (κ3) is 3.35. The molecule has 1 atom stereocenters. The van der Waals surface area contributed by atoms with Gasteiger partial charge < -0.3 is 10.1 Å². The maximum atomic E-state index is 12.0. The van der Waals surface area contributed by atoms with Crippen molar-refractivity contribution in [1.82, 2.24) is 5.32 Å². The van der Waals surface area contributed by atoms with Crippen molar-refractivity contribution in [3.05, 3.63) is 33.3 Å². The van der Waals surface area contributed by atoms with Gasteiger partial charge in [-0.25, -0.2) is 4.79 Å². The van der Waals surface area contributed by atoms with Crippen LogP contribution in [0.1, 0.15) is 27.9 Å². The molecule has 1 amide bonds. The van der Waals surface area contributed by atoms with Gasteiger partial charge in [-0.15, -0.1) is 0 Å². The summed E-state index contributed by atoms with van der Waals surface area (Å²) in [4.78, 5) is 23.1. The molecule has 0 saturated carbocycles. The number of benzene rings is 1. The number of halogens is 1. The Kier molecular flexibility index (Phi) is 4.24. The predicted molar refractivity (Wildman–Crippen MR) is 75.0 cm³/mol. The zero-order valence-electron chi connectivity index (χ0n) is 11.0. The van der Waals surface area contributed by atoms with Crippen molar-refractivity contribution in [2.45, 2.75) is 20.3 Å². The maximum absolute atomic E-state index is 12.0. The monoisotopic (exact) mass is 325 g/mol. The first-order valence-electron chi connectivity index (χ1n) is 6.18. The summed E-state index contributed by atoms with van der Waals surface area (Å²) < 4.78 is 6.27. The number of esters is 1. The van der Waals surface area contributed by atoms with E-state index >= 15 is 0 Å². The van der Waals surface area contributed by atoms with Crippen LogP contribution in [0.5, 0.6) is 0 Å². The molecule has 1 fully saturated rings. The molecule has 0 radical (unpaired) electrons. The minimum atomic E-state index is -0.326. The summed E-state index contributed by atoms with van der Waals surface area (Å²) in [5.41, 5.74) is 2.45. The Balaban J connectivity index is 2.00. The lowest BCUT2D eigenvalue weighted by Gasteiger charge is -2.11. The first-order chi connectivity index (χ1) is 8.97. The third-order valence-electron chi connectivity index (χ3n) is 3.24. The molecule has 1 N–H and O–H groups in total. The summed E-state index contributed by atoms with van der Waals surface area (Å²) in [7, 11) is 0. The van der Waals surface area contributed by atoms with E-state index in [9.17, 15) is 9.59 Å². The Hall–Kier alpha value is -1.36. The molecule has 1 aromatic carbocycles. The Labute approximate surface area is 120 Å². The van der Waals surface area contributed by atoms with Crippen LogP contribution >= 0.6 is 15.9 Å². The highest BCUT2D eigenvalue weighted by atomic mass is 79.9. The SMILES string of the molecule is Cc1cc(C(=O)OC[C@H]2CNC(=O)C2)c(C)cc1Br. The number of rotatable bonds is 3. The zero-order chi connectivity index (χ0) is 14.0. The highest BCUT2D eigenvalue weighted by Gasteiger charge is 2.23. The van der Waals surface area contributed by atoms with Crippen LogP contribution in [0.25, 0.3) is 0 Å². The molecule has 2 rings (SSSR count). The second-order valence-corrected chi connectivity index (χ2v) is 5.74. The molecule has 1 aromatic rings. The summed E-state index contributed by atoms with van der Waals surface area (Å²) in [6, 6.07) is 3.73. The van der Waals surface area contributed by atoms with Crippen molar-refractivity contribution in [3.8, 4) is 0 Å². The Morgan fingerprint density at radius 3 is 2.79 bits per heavy atom. The van der Waals surface area contributed by atoms with Crippen molar-refractivity contribution in [2.75, 3.05) is 13.2 Å². The van der Waals surface area contributed by atoms with Gasteiger partial charge in [-0.1, -0.05) is 15.9 Å². The fraction of sp³-hybridized carbons (Fsp3) is 0.429. The summed E-state index contributed by atoms with van der Waals surface area (Å²) in [5, 5.41) is 2.72. The first kappa shape index (κ1) is 14.1. The predicted octanol–water partition coefficient (Wildman–Crippen LogP) is 2.36. The number of hydrogen-bond donors (Lipinski definition) is 1. The Morgan fingerprint density at radius 2 is 2.16 bits per heavy atom. The average Bonchev–Trinajstić information content (AvgIpc) is 2.77. The molecule has 0 aliphatic carbocycles. The number of carbonyl (C=O) groups is 2. The fourth-order valence-corrected chi connectivity index (χ4v) is 2.51. The van der Waals surface area contributed by atoms with E-state index in [1.165, 1.54) is 0 Å². The Morgan fingerprint density at radius 1 is 1.42 bits per heavy atom. The summed E-state index contributed by atoms with van der Waals surface area (Å²) >= 11 is 3.43. The smallest absolute Gasteiger partial charge is 0.338 e. The van der Waals surface area contributed by atoms with E-state index in [0.29, 0.717) is 18.5 Å². The molecule has 1 aliphatic rings. The number of aryl methyl sites for hydroxylation is 2. The summed E-state index contributed by atoms with van der Waals surface area (Å²) in [6.45, 7) is 4.68. The van der Waals surface area contributed by atoms with E-state index in [0.717, 1.165) is 15.6 Å². The maximum Gasteiger partial charge on any atom is 0.338 e. The summed E-state index contributed by atoms with van der Waals surface area (Å²) in [6.07, 6.45) is 0.436. The van der Waals surface area contributed by atoms with Gasteiger partial charge in [-0.3, -0.25) is 4.79 Å². The molecular formula is C14H16BrNO3. The van der Waals surface area contributed by atoms with Crippen LogP contribution in [0.15, 0.2) is 16.6 Å². The van der Waals surface area contributed by atoms with Gasteiger partial charge in [0.25, 0.3) is 0 Å². The normalized spacial score (nSPS) is 18.3. The van der Waals surface area contributed by atoms with E-state index < -0.39 is 0 Å². The van der Waals surface area contributed by atoms with Gasteiger partial charge in [0.05, 0.1) is 12.2 Å². The minimum Gasteiger partial charge on any atom is -0.462 e. The number of nitrogens with one attached hydrogen (secondary N) is 1. The second-order valence-electron chi connectivity index (χ2n) is 4.89. The number of carbonyl (C=O) groups excluding carboxylic acids is 2. The van der Waals surface area contributed by atoms with Gasteiger partial charge in [-0.05, 0) is 37.1 Å². The van der Waals surface area contributed by atoms with Crippen LogP contribution < -0.4 is 5.32 Å². The molecule has 4 nitrogen and oxygen atoms in total. The van der Waals surface area contributed by atoms with Crippen LogP contribution in [0.4, 0.5) is 0 Å². The van der Waals surface area contributed by atoms with Gasteiger partial charge in [0.15, 0.2) is 0 Å². The van der Waals surface area contributed by atoms with E-state index in [-0.39, 0.29) is 24.4 Å². The van der Waals surface area contributed by atoms with E-state index in [2.05, 4.69) is 21.2 Å². The molecule has 0 unspecified atom stereocenters. The summed E-state index contributed by atoms with van der Waals surface area (Å²) in [5.74, 6) is -0.211. The fourth-order valence-electron chi connectivity index (χ4n) is 2.05. The molecule has 102 valence electrons. The van der Waals surface area contributed by atoms with Crippen LogP contribution in [0.3, 0.4) is 0 Å². The van der Waals surface area contributed by atoms with Crippen molar-refractivity contribution < 1.29 is 14.3 Å². The van der Waals surface area contributed by atoms with Crippen molar-refractivity contribution >= 4 is 27.8 Å². The molecule has 0 aromatic heterocycles. The van der Waals surface area contributed by atoms with Gasteiger partial charge in [0, 0.05) is 23.4 Å². The Bertz CT molecular complexity index is 528. The number of ether oxygens (including phenoxy) is 1. The van der Waals surface area contributed by atoms with E-state index in [1.807, 2.05) is 26.0 Å². The van der Waals surface area contributed by atoms with Crippen LogP contribution in [0, 0.1) is 19.8 Å². The van der Waals surface area contributed by atoms with Gasteiger partial charge in [-0.2, -0.15) is 0 Å². The lowest BCUT2D eigenvalue weighted by Crippen LogP contribution is -2.18. The van der Waals surface area contributed by atoms with Crippen LogP contribution in [-0.4, -0.2) is 25.0 Å². The lowest BCUT2D eigenvalue weighted by molar-refractivity contribution is -0.119. The minimum absolute atomic E-state index is 0.0247. The molecule has 0 spiro atoms. The van der Waals surface area contributed by atoms with Crippen molar-refractivity contribution in [3.63, 3.8) is 0 Å². The van der Waals surface area contributed by atoms with Gasteiger partial charge in [0.1, 0.15) is 0 Å². The van der Waals surface area contributed by atoms with E-state index in [4.69, 9.17) is 4.74 Å². The molecule has 1 heterocycles. The van der Waals surface area contributed by atoms with Crippen molar-refractivity contribution in [1.29, 1.82) is 0 Å². The highest BCUT2D eigenvalue weighted by molar-refractivity contribution is 9.10. The van der Waals surface area contributed by atoms with E-state index in [1.54, 1.807) is 0 Å². The standard InChI is InChI=1S/C14H16BrNO3/c1-8-4-12(15)9(2)3-11(8)14(18)19-7-10-5-13(17)16-6-10/h3-4,10H,5-7H2,1-2H3,(H,16,17)/t10-/m1/s1. The molecule has 5 heteroatoms. The highest BCUT2D eigenvalue weighted by Crippen LogP contribution is 2.22. The average molecular weight is 326 g/mol. The van der Waals surface area contributed by atoms with Gasteiger partial charge >= 0.3 is 5.97 Å². The van der Waals surface area contributed by atoms with Gasteiger partial charge in [0.2, 0.25) is 5.91 Å². The largest absolute Gasteiger partial charge is 0.462 e. The molecule has 1 saturated heterocycles.